The van der Waals surface area contributed by atoms with Crippen LogP contribution in [0.2, 0.25) is 0 Å². The fourth-order valence-corrected chi connectivity index (χ4v) is 3.64. The van der Waals surface area contributed by atoms with E-state index in [9.17, 15) is 9.90 Å². The van der Waals surface area contributed by atoms with Gasteiger partial charge in [-0.05, 0) is 50.9 Å². The zero-order chi connectivity index (χ0) is 16.3. The largest absolute Gasteiger partial charge is 0.453 e. The maximum atomic E-state index is 12.6. The van der Waals surface area contributed by atoms with Crippen LogP contribution in [-0.2, 0) is 11.3 Å². The minimum atomic E-state index is -0.805. The van der Waals surface area contributed by atoms with Gasteiger partial charge in [-0.3, -0.25) is 4.79 Å². The van der Waals surface area contributed by atoms with Crippen molar-refractivity contribution in [1.82, 2.24) is 9.80 Å². The first kappa shape index (κ1) is 16.5. The molecule has 3 rings (SSSR count). The van der Waals surface area contributed by atoms with Crippen LogP contribution in [0.1, 0.15) is 42.0 Å². The van der Waals surface area contributed by atoms with Gasteiger partial charge in [-0.25, -0.2) is 0 Å². The van der Waals surface area contributed by atoms with Gasteiger partial charge < -0.3 is 24.1 Å². The summed E-state index contributed by atoms with van der Waals surface area (Å²) in [7, 11) is 1.59. The standard InChI is InChI=1S/C17H26N2O4/c1-22-11-14-5-6-15(23-14)16(20)19-10-4-7-17(21,13-19)12-18-8-2-3-9-18/h5-6,21H,2-4,7-13H2,1H3/t17-/m1/s1. The lowest BCUT2D eigenvalue weighted by atomic mass is 9.92. The molecule has 1 atom stereocenters. The maximum absolute atomic E-state index is 12.6. The van der Waals surface area contributed by atoms with Crippen molar-refractivity contribution in [1.29, 1.82) is 0 Å². The molecule has 6 heteroatoms. The summed E-state index contributed by atoms with van der Waals surface area (Å²) in [5.41, 5.74) is -0.805. The smallest absolute Gasteiger partial charge is 0.289 e. The molecule has 0 spiro atoms. The zero-order valence-corrected chi connectivity index (χ0v) is 13.8. The van der Waals surface area contributed by atoms with Crippen LogP contribution in [0.3, 0.4) is 0 Å². The summed E-state index contributed by atoms with van der Waals surface area (Å²) in [6, 6.07) is 3.45. The van der Waals surface area contributed by atoms with Crippen molar-refractivity contribution in [2.75, 3.05) is 39.8 Å². The quantitative estimate of drug-likeness (QED) is 0.890. The number of amides is 1. The number of nitrogens with zero attached hydrogens (tertiary/aromatic N) is 2. The molecule has 128 valence electrons. The maximum Gasteiger partial charge on any atom is 0.289 e. The van der Waals surface area contributed by atoms with Crippen LogP contribution in [-0.4, -0.2) is 66.2 Å². The van der Waals surface area contributed by atoms with Crippen LogP contribution >= 0.6 is 0 Å². The van der Waals surface area contributed by atoms with E-state index in [2.05, 4.69) is 4.90 Å². The number of piperidine rings is 1. The Labute approximate surface area is 137 Å². The fraction of sp³-hybridized carbons (Fsp3) is 0.706. The minimum absolute atomic E-state index is 0.146. The predicted molar refractivity (Wildman–Crippen MR) is 85.2 cm³/mol. The molecule has 2 fully saturated rings. The number of ether oxygens (including phenoxy) is 1. The molecular weight excluding hydrogens is 296 g/mol. The summed E-state index contributed by atoms with van der Waals surface area (Å²) in [4.78, 5) is 16.6. The van der Waals surface area contributed by atoms with Crippen LogP contribution < -0.4 is 0 Å². The van der Waals surface area contributed by atoms with Gasteiger partial charge in [0.25, 0.3) is 5.91 Å². The van der Waals surface area contributed by atoms with Crippen molar-refractivity contribution >= 4 is 5.91 Å². The first-order valence-corrected chi connectivity index (χ1v) is 8.41. The molecule has 0 aliphatic carbocycles. The number of methoxy groups -OCH3 is 1. The summed E-state index contributed by atoms with van der Waals surface area (Å²) >= 11 is 0. The Balaban J connectivity index is 1.63. The molecule has 1 amide bonds. The second-order valence-electron chi connectivity index (χ2n) is 6.74. The third-order valence-corrected chi connectivity index (χ3v) is 4.72. The second-order valence-corrected chi connectivity index (χ2v) is 6.74. The van der Waals surface area contributed by atoms with Gasteiger partial charge in [-0.1, -0.05) is 0 Å². The first-order chi connectivity index (χ1) is 11.1. The first-order valence-electron chi connectivity index (χ1n) is 8.41. The Morgan fingerprint density at radius 1 is 1.30 bits per heavy atom. The molecule has 0 aromatic carbocycles. The van der Waals surface area contributed by atoms with Gasteiger partial charge in [0.15, 0.2) is 5.76 Å². The topological polar surface area (TPSA) is 66.2 Å². The number of carbonyl (C=O) groups excluding carboxylic acids is 1. The number of furan rings is 1. The highest BCUT2D eigenvalue weighted by molar-refractivity contribution is 5.91. The van der Waals surface area contributed by atoms with Gasteiger partial charge in [0.1, 0.15) is 12.4 Å². The average Bonchev–Trinajstić information content (AvgIpc) is 3.18. The molecule has 2 aliphatic rings. The van der Waals surface area contributed by atoms with Crippen molar-refractivity contribution in [3.05, 3.63) is 23.7 Å². The van der Waals surface area contributed by atoms with Gasteiger partial charge in [-0.2, -0.15) is 0 Å². The van der Waals surface area contributed by atoms with Gasteiger partial charge in [0.05, 0.1) is 12.1 Å². The second kappa shape index (κ2) is 7.03. The molecule has 0 bridgehead atoms. The van der Waals surface area contributed by atoms with Crippen LogP contribution in [0.25, 0.3) is 0 Å². The summed E-state index contributed by atoms with van der Waals surface area (Å²) in [5, 5.41) is 10.9. The summed E-state index contributed by atoms with van der Waals surface area (Å²) in [6.45, 7) is 4.16. The number of hydrogen-bond donors (Lipinski definition) is 1. The number of carbonyl (C=O) groups is 1. The molecule has 2 aliphatic heterocycles. The lowest BCUT2D eigenvalue weighted by Crippen LogP contribution is -2.55. The van der Waals surface area contributed by atoms with Crippen molar-refractivity contribution in [3.63, 3.8) is 0 Å². The van der Waals surface area contributed by atoms with Crippen molar-refractivity contribution in [2.24, 2.45) is 0 Å². The SMILES string of the molecule is COCc1ccc(C(=O)N2CCC[C@@](O)(CN3CCCC3)C2)o1. The molecule has 0 saturated carbocycles. The van der Waals surface area contributed by atoms with Crippen molar-refractivity contribution in [3.8, 4) is 0 Å². The predicted octanol–water partition coefficient (Wildman–Crippen LogP) is 1.49. The molecule has 3 heterocycles. The van der Waals surface area contributed by atoms with Crippen molar-refractivity contribution in [2.45, 2.75) is 37.9 Å². The number of hydrogen-bond acceptors (Lipinski definition) is 5. The monoisotopic (exact) mass is 322 g/mol. The van der Waals surface area contributed by atoms with E-state index in [-0.39, 0.29) is 5.91 Å². The highest BCUT2D eigenvalue weighted by atomic mass is 16.5. The number of β-amino-alcohol motifs (C(OH)–C–C–N with tert-alkyl or cyclic N) is 1. The number of aliphatic hydroxyl groups is 1. The number of rotatable bonds is 5. The Morgan fingerprint density at radius 3 is 2.83 bits per heavy atom. The Bertz CT molecular complexity index is 538. The normalized spacial score (nSPS) is 25.9. The summed E-state index contributed by atoms with van der Waals surface area (Å²) in [5.74, 6) is 0.814. The van der Waals surface area contributed by atoms with Gasteiger partial charge in [0, 0.05) is 20.2 Å². The van der Waals surface area contributed by atoms with Gasteiger partial charge in [-0.15, -0.1) is 0 Å². The highest BCUT2D eigenvalue weighted by Gasteiger charge is 2.38. The van der Waals surface area contributed by atoms with Gasteiger partial charge in [0.2, 0.25) is 0 Å². The van der Waals surface area contributed by atoms with E-state index in [0.29, 0.717) is 37.8 Å². The van der Waals surface area contributed by atoms with Crippen LogP contribution in [0, 0.1) is 0 Å². The lowest BCUT2D eigenvalue weighted by Gasteiger charge is -2.40. The third-order valence-electron chi connectivity index (χ3n) is 4.72. The molecule has 1 aromatic heterocycles. The van der Waals surface area contributed by atoms with E-state index in [4.69, 9.17) is 9.15 Å². The van der Waals surface area contributed by atoms with E-state index >= 15 is 0 Å². The van der Waals surface area contributed by atoms with E-state index in [0.717, 1.165) is 25.9 Å². The van der Waals surface area contributed by atoms with Gasteiger partial charge >= 0.3 is 0 Å². The Morgan fingerprint density at radius 2 is 2.09 bits per heavy atom. The summed E-state index contributed by atoms with van der Waals surface area (Å²) in [6.07, 6.45) is 3.98. The average molecular weight is 322 g/mol. The number of likely N-dealkylation sites (tertiary alicyclic amines) is 2. The summed E-state index contributed by atoms with van der Waals surface area (Å²) < 4.78 is 10.5. The molecule has 0 unspecified atom stereocenters. The molecule has 23 heavy (non-hydrogen) atoms. The van der Waals surface area contributed by atoms with Crippen molar-refractivity contribution < 1.29 is 19.1 Å². The third kappa shape index (κ3) is 3.94. The minimum Gasteiger partial charge on any atom is -0.453 e. The Hall–Kier alpha value is -1.37. The fourth-order valence-electron chi connectivity index (χ4n) is 3.64. The molecular formula is C17H26N2O4. The lowest BCUT2D eigenvalue weighted by molar-refractivity contribution is -0.0437. The van der Waals surface area contributed by atoms with Crippen LogP contribution in [0.5, 0.6) is 0 Å². The Kier molecular flexibility index (Phi) is 5.04. The molecule has 2 saturated heterocycles. The molecule has 1 N–H and O–H groups in total. The highest BCUT2D eigenvalue weighted by Crippen LogP contribution is 2.25. The van der Waals surface area contributed by atoms with E-state index < -0.39 is 5.60 Å². The van der Waals surface area contributed by atoms with E-state index in [1.54, 1.807) is 24.1 Å². The molecule has 6 nitrogen and oxygen atoms in total. The van der Waals surface area contributed by atoms with Crippen LogP contribution in [0.4, 0.5) is 0 Å². The van der Waals surface area contributed by atoms with Crippen LogP contribution in [0.15, 0.2) is 16.5 Å². The van der Waals surface area contributed by atoms with E-state index in [1.165, 1.54) is 12.8 Å². The molecule has 1 aromatic rings. The van der Waals surface area contributed by atoms with E-state index in [1.807, 2.05) is 0 Å². The molecule has 0 radical (unpaired) electrons. The zero-order valence-electron chi connectivity index (χ0n) is 13.8.